The first-order valence-electron chi connectivity index (χ1n) is 7.31. The van der Waals surface area contributed by atoms with Crippen LogP contribution in [0.3, 0.4) is 0 Å². The van der Waals surface area contributed by atoms with Crippen molar-refractivity contribution in [2.24, 2.45) is 17.4 Å². The summed E-state index contributed by atoms with van der Waals surface area (Å²) < 4.78 is 0. The Morgan fingerprint density at radius 3 is 2.67 bits per heavy atom. The quantitative estimate of drug-likeness (QED) is 0.793. The highest BCUT2D eigenvalue weighted by molar-refractivity contribution is 5.98. The van der Waals surface area contributed by atoms with Crippen LogP contribution < -0.4 is 16.8 Å². The van der Waals surface area contributed by atoms with Crippen molar-refractivity contribution in [3.8, 4) is 0 Å². The van der Waals surface area contributed by atoms with E-state index in [1.165, 1.54) is 0 Å². The second-order valence-electron chi connectivity index (χ2n) is 6.19. The third kappa shape index (κ3) is 3.42. The van der Waals surface area contributed by atoms with E-state index >= 15 is 0 Å². The smallest absolute Gasteiger partial charge is 0.248 e. The number of benzene rings is 1. The van der Waals surface area contributed by atoms with Gasteiger partial charge in [-0.2, -0.15) is 0 Å². The maximum absolute atomic E-state index is 12.5. The second kappa shape index (κ2) is 5.85. The first-order valence-corrected chi connectivity index (χ1v) is 7.31. The number of carbonyl (C=O) groups excluding carboxylic acids is 2. The number of rotatable bonds is 3. The van der Waals surface area contributed by atoms with Gasteiger partial charge in [-0.3, -0.25) is 9.59 Å². The van der Waals surface area contributed by atoms with Gasteiger partial charge in [-0.25, -0.2) is 0 Å². The predicted octanol–water partition coefficient (Wildman–Crippen LogP) is 1.94. The number of aryl methyl sites for hydroxylation is 1. The largest absolute Gasteiger partial charge is 0.366 e. The van der Waals surface area contributed by atoms with Crippen LogP contribution in [-0.4, -0.2) is 17.4 Å². The molecule has 114 valence electrons. The van der Waals surface area contributed by atoms with Crippen molar-refractivity contribution < 1.29 is 9.59 Å². The molecule has 21 heavy (non-hydrogen) atoms. The van der Waals surface area contributed by atoms with Gasteiger partial charge in [-0.15, -0.1) is 0 Å². The topological polar surface area (TPSA) is 98.2 Å². The van der Waals surface area contributed by atoms with Gasteiger partial charge in [0.05, 0.1) is 5.92 Å². The molecule has 0 aliphatic heterocycles. The Hall–Kier alpha value is -1.88. The maximum atomic E-state index is 12.5. The van der Waals surface area contributed by atoms with Crippen molar-refractivity contribution in [1.82, 2.24) is 0 Å². The predicted molar refractivity (Wildman–Crippen MR) is 82.9 cm³/mol. The van der Waals surface area contributed by atoms with Crippen LogP contribution >= 0.6 is 0 Å². The van der Waals surface area contributed by atoms with Crippen LogP contribution in [0, 0.1) is 12.8 Å². The lowest BCUT2D eigenvalue weighted by molar-refractivity contribution is -0.122. The second-order valence-corrected chi connectivity index (χ2v) is 6.19. The summed E-state index contributed by atoms with van der Waals surface area (Å²) in [5.41, 5.74) is 13.0. The molecule has 1 saturated carbocycles. The monoisotopic (exact) mass is 289 g/mol. The Morgan fingerprint density at radius 1 is 1.33 bits per heavy atom. The maximum Gasteiger partial charge on any atom is 0.248 e. The van der Waals surface area contributed by atoms with Gasteiger partial charge < -0.3 is 16.8 Å². The fourth-order valence-electron chi connectivity index (χ4n) is 2.92. The Bertz CT molecular complexity index is 567. The number of hydrogen-bond acceptors (Lipinski definition) is 3. The molecule has 1 aliphatic rings. The zero-order chi connectivity index (χ0) is 15.6. The Morgan fingerprint density at radius 2 is 2.05 bits per heavy atom. The van der Waals surface area contributed by atoms with Gasteiger partial charge >= 0.3 is 0 Å². The first kappa shape index (κ1) is 15.5. The SMILES string of the molecule is Cc1ccc(C(N)=O)cc1NC(=O)C1CCCCC1(C)N. The summed E-state index contributed by atoms with van der Waals surface area (Å²) in [5.74, 6) is -0.792. The molecule has 5 heteroatoms. The summed E-state index contributed by atoms with van der Waals surface area (Å²) in [4.78, 5) is 23.8. The van der Waals surface area contributed by atoms with Gasteiger partial charge in [0.25, 0.3) is 0 Å². The number of anilines is 1. The Balaban J connectivity index is 2.19. The fraction of sp³-hybridized carbons (Fsp3) is 0.500. The van der Waals surface area contributed by atoms with E-state index in [-0.39, 0.29) is 11.8 Å². The highest BCUT2D eigenvalue weighted by Gasteiger charge is 2.37. The van der Waals surface area contributed by atoms with Crippen LogP contribution in [0.5, 0.6) is 0 Å². The summed E-state index contributed by atoms with van der Waals surface area (Å²) in [5, 5.41) is 2.90. The summed E-state index contributed by atoms with van der Waals surface area (Å²) in [6.45, 7) is 3.81. The molecule has 2 rings (SSSR count). The first-order chi connectivity index (χ1) is 9.81. The molecule has 5 N–H and O–H groups in total. The van der Waals surface area contributed by atoms with Gasteiger partial charge in [0.2, 0.25) is 11.8 Å². The van der Waals surface area contributed by atoms with Crippen molar-refractivity contribution in [2.75, 3.05) is 5.32 Å². The number of amides is 2. The molecule has 0 spiro atoms. The molecule has 2 amide bonds. The molecule has 0 radical (unpaired) electrons. The fourth-order valence-corrected chi connectivity index (χ4v) is 2.92. The molecular formula is C16H23N3O2. The third-order valence-electron chi connectivity index (χ3n) is 4.35. The summed E-state index contributed by atoms with van der Waals surface area (Å²) in [7, 11) is 0. The van der Waals surface area contributed by atoms with Crippen molar-refractivity contribution in [3.05, 3.63) is 29.3 Å². The normalized spacial score (nSPS) is 25.4. The van der Waals surface area contributed by atoms with E-state index in [1.54, 1.807) is 18.2 Å². The molecular weight excluding hydrogens is 266 g/mol. The van der Waals surface area contributed by atoms with Crippen molar-refractivity contribution in [1.29, 1.82) is 0 Å². The van der Waals surface area contributed by atoms with E-state index in [0.29, 0.717) is 11.3 Å². The summed E-state index contributed by atoms with van der Waals surface area (Å²) in [6, 6.07) is 5.05. The molecule has 1 aromatic carbocycles. The number of carbonyl (C=O) groups is 2. The minimum absolute atomic E-state index is 0.0792. The van der Waals surface area contributed by atoms with Crippen LogP contribution in [0.2, 0.25) is 0 Å². The van der Waals surface area contributed by atoms with Crippen molar-refractivity contribution in [3.63, 3.8) is 0 Å². The van der Waals surface area contributed by atoms with E-state index < -0.39 is 11.4 Å². The molecule has 1 aliphatic carbocycles. The number of hydrogen-bond donors (Lipinski definition) is 3. The number of primary amides is 1. The third-order valence-corrected chi connectivity index (χ3v) is 4.35. The summed E-state index contributed by atoms with van der Waals surface area (Å²) in [6.07, 6.45) is 3.73. The highest BCUT2D eigenvalue weighted by atomic mass is 16.2. The van der Waals surface area contributed by atoms with Crippen LogP contribution in [0.25, 0.3) is 0 Å². The lowest BCUT2D eigenvalue weighted by Gasteiger charge is -2.37. The molecule has 5 nitrogen and oxygen atoms in total. The van der Waals surface area contributed by atoms with E-state index in [4.69, 9.17) is 11.5 Å². The summed E-state index contributed by atoms with van der Waals surface area (Å²) >= 11 is 0. The molecule has 2 unspecified atom stereocenters. The molecule has 0 heterocycles. The van der Waals surface area contributed by atoms with Crippen LogP contribution in [0.15, 0.2) is 18.2 Å². The zero-order valence-electron chi connectivity index (χ0n) is 12.6. The highest BCUT2D eigenvalue weighted by Crippen LogP contribution is 2.32. The van der Waals surface area contributed by atoms with Gasteiger partial charge in [-0.1, -0.05) is 18.9 Å². The van der Waals surface area contributed by atoms with E-state index in [1.807, 2.05) is 13.8 Å². The Kier molecular flexibility index (Phi) is 4.32. The van der Waals surface area contributed by atoms with E-state index in [2.05, 4.69) is 5.32 Å². The van der Waals surface area contributed by atoms with Crippen LogP contribution in [0.1, 0.15) is 48.5 Å². The van der Waals surface area contributed by atoms with Crippen molar-refractivity contribution >= 4 is 17.5 Å². The van der Waals surface area contributed by atoms with Gasteiger partial charge in [0.15, 0.2) is 0 Å². The van der Waals surface area contributed by atoms with Crippen LogP contribution in [-0.2, 0) is 4.79 Å². The minimum atomic E-state index is -0.508. The molecule has 2 atom stereocenters. The Labute approximate surface area is 125 Å². The standard InChI is InChI=1S/C16H23N3O2/c1-10-6-7-11(14(17)20)9-13(10)19-15(21)12-5-3-4-8-16(12,2)18/h6-7,9,12H,3-5,8,18H2,1-2H3,(H2,17,20)(H,19,21). The molecule has 1 aromatic rings. The number of nitrogens with one attached hydrogen (secondary N) is 1. The van der Waals surface area contributed by atoms with E-state index in [9.17, 15) is 9.59 Å². The molecule has 1 fully saturated rings. The number of nitrogens with two attached hydrogens (primary N) is 2. The molecule has 0 bridgehead atoms. The average molecular weight is 289 g/mol. The average Bonchev–Trinajstić information content (AvgIpc) is 2.40. The zero-order valence-corrected chi connectivity index (χ0v) is 12.6. The molecule has 0 aromatic heterocycles. The minimum Gasteiger partial charge on any atom is -0.366 e. The van der Waals surface area contributed by atoms with E-state index in [0.717, 1.165) is 31.2 Å². The van der Waals surface area contributed by atoms with Crippen LogP contribution in [0.4, 0.5) is 5.69 Å². The molecule has 0 saturated heterocycles. The lowest BCUT2D eigenvalue weighted by atomic mass is 9.74. The van der Waals surface area contributed by atoms with Gasteiger partial charge in [-0.05, 0) is 44.4 Å². The van der Waals surface area contributed by atoms with Crippen molar-refractivity contribution in [2.45, 2.75) is 45.1 Å². The van der Waals surface area contributed by atoms with Gasteiger partial charge in [0, 0.05) is 16.8 Å². The van der Waals surface area contributed by atoms with Gasteiger partial charge in [0.1, 0.15) is 0 Å². The lowest BCUT2D eigenvalue weighted by Crippen LogP contribution is -2.51.